The molecule has 0 bridgehead atoms. The van der Waals surface area contributed by atoms with Crippen LogP contribution in [0.3, 0.4) is 0 Å². The number of pyridine rings is 1. The minimum atomic E-state index is -0.191. The third-order valence-electron chi connectivity index (χ3n) is 4.07. The number of aryl methyl sites for hydroxylation is 1. The number of anilines is 2. The first-order valence-corrected chi connectivity index (χ1v) is 8.82. The molecule has 138 valence electrons. The van der Waals surface area contributed by atoms with E-state index in [0.717, 1.165) is 22.6 Å². The second-order valence-electron chi connectivity index (χ2n) is 6.08. The average Bonchev–Trinajstić information content (AvgIpc) is 2.69. The number of ether oxygens (including phenoxy) is 1. The summed E-state index contributed by atoms with van der Waals surface area (Å²) in [4.78, 5) is 16.6. The van der Waals surface area contributed by atoms with Crippen molar-refractivity contribution < 1.29 is 9.53 Å². The molecule has 0 atom stereocenters. The molecule has 0 aliphatic carbocycles. The highest BCUT2D eigenvalue weighted by Crippen LogP contribution is 2.23. The van der Waals surface area contributed by atoms with Gasteiger partial charge in [0.05, 0.1) is 24.6 Å². The van der Waals surface area contributed by atoms with Gasteiger partial charge in [0.2, 0.25) is 0 Å². The van der Waals surface area contributed by atoms with Crippen LogP contribution in [0, 0.1) is 6.92 Å². The zero-order valence-electron chi connectivity index (χ0n) is 15.1. The number of nitrogens with one attached hydrogen (secondary N) is 2. The van der Waals surface area contributed by atoms with Crippen LogP contribution in [0.4, 0.5) is 11.4 Å². The number of carbonyl (C=O) groups is 1. The van der Waals surface area contributed by atoms with Crippen LogP contribution in [-0.4, -0.2) is 18.0 Å². The molecule has 5 nitrogen and oxygen atoms in total. The Morgan fingerprint density at radius 3 is 2.56 bits per heavy atom. The first kappa shape index (κ1) is 18.7. The van der Waals surface area contributed by atoms with Crippen LogP contribution in [-0.2, 0) is 6.54 Å². The quantitative estimate of drug-likeness (QED) is 0.648. The van der Waals surface area contributed by atoms with Gasteiger partial charge in [0.15, 0.2) is 0 Å². The van der Waals surface area contributed by atoms with Gasteiger partial charge in [0.25, 0.3) is 5.91 Å². The van der Waals surface area contributed by atoms with Crippen LogP contribution < -0.4 is 15.4 Å². The van der Waals surface area contributed by atoms with E-state index in [0.29, 0.717) is 22.8 Å². The lowest BCUT2D eigenvalue weighted by atomic mass is 10.2. The van der Waals surface area contributed by atoms with Crippen molar-refractivity contribution in [2.75, 3.05) is 12.4 Å². The van der Waals surface area contributed by atoms with Crippen molar-refractivity contribution in [1.82, 2.24) is 10.3 Å². The number of aromatic nitrogens is 1. The summed E-state index contributed by atoms with van der Waals surface area (Å²) in [5.74, 6) is 0.591. The summed E-state index contributed by atoms with van der Waals surface area (Å²) in [7, 11) is 1.62. The summed E-state index contributed by atoms with van der Waals surface area (Å²) < 4.78 is 5.13. The highest BCUT2D eigenvalue weighted by molar-refractivity contribution is 6.31. The molecule has 0 aliphatic heterocycles. The summed E-state index contributed by atoms with van der Waals surface area (Å²) in [6.07, 6.45) is 3.20. The molecule has 2 N–H and O–H groups in total. The Bertz CT molecular complexity index is 942. The Balaban J connectivity index is 1.64. The van der Waals surface area contributed by atoms with Gasteiger partial charge in [-0.05, 0) is 48.4 Å². The van der Waals surface area contributed by atoms with Gasteiger partial charge in [0.1, 0.15) is 5.75 Å². The minimum absolute atomic E-state index is 0.191. The van der Waals surface area contributed by atoms with Gasteiger partial charge >= 0.3 is 0 Å². The number of hydrogen-bond donors (Lipinski definition) is 2. The summed E-state index contributed by atoms with van der Waals surface area (Å²) in [6.45, 7) is 2.37. The number of halogens is 1. The lowest BCUT2D eigenvalue weighted by Crippen LogP contribution is -2.23. The Morgan fingerprint density at radius 2 is 1.85 bits per heavy atom. The number of benzene rings is 2. The number of hydrogen-bond acceptors (Lipinski definition) is 4. The Morgan fingerprint density at radius 1 is 1.07 bits per heavy atom. The fraction of sp³-hybridized carbons (Fsp3) is 0.143. The fourth-order valence-electron chi connectivity index (χ4n) is 2.50. The predicted molar refractivity (Wildman–Crippen MR) is 108 cm³/mol. The van der Waals surface area contributed by atoms with E-state index < -0.39 is 0 Å². The zero-order valence-corrected chi connectivity index (χ0v) is 15.9. The van der Waals surface area contributed by atoms with E-state index in [4.69, 9.17) is 16.3 Å². The van der Waals surface area contributed by atoms with Gasteiger partial charge < -0.3 is 15.4 Å². The molecule has 0 saturated carbocycles. The maximum Gasteiger partial charge on any atom is 0.253 e. The molecular weight excluding hydrogens is 362 g/mol. The fourth-order valence-corrected chi connectivity index (χ4v) is 2.68. The Hall–Kier alpha value is -3.05. The van der Waals surface area contributed by atoms with Gasteiger partial charge in [-0.25, -0.2) is 0 Å². The van der Waals surface area contributed by atoms with E-state index in [1.54, 1.807) is 19.4 Å². The molecule has 0 unspecified atom stereocenters. The topological polar surface area (TPSA) is 63.2 Å². The molecule has 0 aliphatic rings. The number of nitrogens with zero attached hydrogens (tertiary/aromatic N) is 1. The summed E-state index contributed by atoms with van der Waals surface area (Å²) in [6, 6.07) is 15.0. The predicted octanol–water partition coefficient (Wildman–Crippen LogP) is 4.73. The molecule has 0 fully saturated rings. The van der Waals surface area contributed by atoms with Crippen molar-refractivity contribution in [3.05, 3.63) is 82.6 Å². The third-order valence-corrected chi connectivity index (χ3v) is 4.48. The maximum atomic E-state index is 12.4. The van der Waals surface area contributed by atoms with Gasteiger partial charge in [-0.2, -0.15) is 0 Å². The highest BCUT2D eigenvalue weighted by atomic mass is 35.5. The average molecular weight is 382 g/mol. The van der Waals surface area contributed by atoms with Crippen molar-refractivity contribution in [2.45, 2.75) is 13.5 Å². The number of amides is 1. The Kier molecular flexibility index (Phi) is 5.94. The zero-order chi connectivity index (χ0) is 19.2. The van der Waals surface area contributed by atoms with Crippen molar-refractivity contribution in [1.29, 1.82) is 0 Å². The van der Waals surface area contributed by atoms with E-state index in [2.05, 4.69) is 15.6 Å². The normalized spacial score (nSPS) is 10.3. The monoisotopic (exact) mass is 381 g/mol. The lowest BCUT2D eigenvalue weighted by molar-refractivity contribution is 0.0950. The minimum Gasteiger partial charge on any atom is -0.497 e. The largest absolute Gasteiger partial charge is 0.497 e. The molecule has 6 heteroatoms. The van der Waals surface area contributed by atoms with E-state index in [-0.39, 0.29) is 5.91 Å². The number of rotatable bonds is 6. The molecule has 1 aromatic heterocycles. The molecule has 0 spiro atoms. The lowest BCUT2D eigenvalue weighted by Gasteiger charge is -2.10. The van der Waals surface area contributed by atoms with E-state index in [1.165, 1.54) is 6.20 Å². The van der Waals surface area contributed by atoms with E-state index in [1.807, 2.05) is 49.4 Å². The van der Waals surface area contributed by atoms with Crippen LogP contribution in [0.5, 0.6) is 5.75 Å². The first-order chi connectivity index (χ1) is 13.0. The smallest absolute Gasteiger partial charge is 0.253 e. The third kappa shape index (κ3) is 4.99. The molecule has 0 saturated heterocycles. The standard InChI is InChI=1S/C21H20ClN3O2/c1-14-3-6-17(10-20(14)22)25-18-9-16(12-23-13-18)21(26)24-11-15-4-7-19(27-2)8-5-15/h3-10,12-13,25H,11H2,1-2H3,(H,24,26). The van der Waals surface area contributed by atoms with Crippen LogP contribution in [0.1, 0.15) is 21.5 Å². The summed E-state index contributed by atoms with van der Waals surface area (Å²) >= 11 is 6.15. The molecular formula is C21H20ClN3O2. The SMILES string of the molecule is COc1ccc(CNC(=O)c2cncc(Nc3ccc(C)c(Cl)c3)c2)cc1. The van der Waals surface area contributed by atoms with Crippen LogP contribution in [0.2, 0.25) is 5.02 Å². The maximum absolute atomic E-state index is 12.4. The second-order valence-corrected chi connectivity index (χ2v) is 6.49. The first-order valence-electron chi connectivity index (χ1n) is 8.44. The summed E-state index contributed by atoms with van der Waals surface area (Å²) in [5, 5.41) is 6.79. The van der Waals surface area contributed by atoms with Crippen molar-refractivity contribution in [3.8, 4) is 5.75 Å². The van der Waals surface area contributed by atoms with Gasteiger partial charge in [-0.1, -0.05) is 29.8 Å². The van der Waals surface area contributed by atoms with Crippen molar-refractivity contribution >= 4 is 28.9 Å². The van der Waals surface area contributed by atoms with Crippen LogP contribution >= 0.6 is 11.6 Å². The Labute approximate surface area is 163 Å². The van der Waals surface area contributed by atoms with Gasteiger partial charge in [-0.3, -0.25) is 9.78 Å². The second kappa shape index (κ2) is 8.56. The summed E-state index contributed by atoms with van der Waals surface area (Å²) in [5.41, 5.74) is 4.02. The van der Waals surface area contributed by atoms with E-state index >= 15 is 0 Å². The number of carbonyl (C=O) groups excluding carboxylic acids is 1. The molecule has 27 heavy (non-hydrogen) atoms. The van der Waals surface area contributed by atoms with Crippen LogP contribution in [0.15, 0.2) is 60.9 Å². The molecule has 3 aromatic rings. The van der Waals surface area contributed by atoms with E-state index in [9.17, 15) is 4.79 Å². The highest BCUT2D eigenvalue weighted by Gasteiger charge is 2.08. The number of methoxy groups -OCH3 is 1. The molecule has 2 aromatic carbocycles. The van der Waals surface area contributed by atoms with Crippen molar-refractivity contribution in [3.63, 3.8) is 0 Å². The van der Waals surface area contributed by atoms with Crippen LogP contribution in [0.25, 0.3) is 0 Å². The molecule has 3 rings (SSSR count). The van der Waals surface area contributed by atoms with Gasteiger partial charge in [-0.15, -0.1) is 0 Å². The molecule has 1 heterocycles. The molecule has 0 radical (unpaired) electrons. The van der Waals surface area contributed by atoms with Crippen molar-refractivity contribution in [2.24, 2.45) is 0 Å². The molecule has 1 amide bonds. The van der Waals surface area contributed by atoms with Gasteiger partial charge in [0, 0.05) is 23.5 Å².